The topological polar surface area (TPSA) is 46.9 Å². The van der Waals surface area contributed by atoms with E-state index in [0.717, 1.165) is 12.1 Å². The third-order valence-electron chi connectivity index (χ3n) is 1.75. The SMILES string of the molecule is Cc1cnn(CCNC(=O)CCBr)c1. The molecular weight excluding hydrogens is 246 g/mol. The van der Waals surface area contributed by atoms with Crippen LogP contribution in [-0.2, 0) is 11.3 Å². The Balaban J connectivity index is 2.18. The second kappa shape index (κ2) is 5.80. The van der Waals surface area contributed by atoms with Gasteiger partial charge < -0.3 is 5.32 Å². The summed E-state index contributed by atoms with van der Waals surface area (Å²) in [7, 11) is 0. The number of carbonyl (C=O) groups excluding carboxylic acids is 1. The maximum atomic E-state index is 11.1. The molecule has 0 spiro atoms. The normalized spacial score (nSPS) is 10.1. The molecule has 1 aromatic heterocycles. The van der Waals surface area contributed by atoms with Crippen molar-refractivity contribution in [2.24, 2.45) is 0 Å². The van der Waals surface area contributed by atoms with E-state index in [1.165, 1.54) is 0 Å². The van der Waals surface area contributed by atoms with Gasteiger partial charge in [-0.1, -0.05) is 15.9 Å². The number of aromatic nitrogens is 2. The maximum Gasteiger partial charge on any atom is 0.220 e. The zero-order chi connectivity index (χ0) is 10.4. The fraction of sp³-hybridized carbons (Fsp3) is 0.556. The van der Waals surface area contributed by atoms with Gasteiger partial charge in [0.2, 0.25) is 5.91 Å². The van der Waals surface area contributed by atoms with E-state index in [-0.39, 0.29) is 5.91 Å². The van der Waals surface area contributed by atoms with E-state index in [2.05, 4.69) is 26.3 Å². The number of halogens is 1. The first-order valence-corrected chi connectivity index (χ1v) is 5.66. The molecule has 0 bridgehead atoms. The van der Waals surface area contributed by atoms with Gasteiger partial charge in [0.25, 0.3) is 0 Å². The van der Waals surface area contributed by atoms with Crippen LogP contribution in [0, 0.1) is 6.92 Å². The summed E-state index contributed by atoms with van der Waals surface area (Å²) in [6.07, 6.45) is 4.29. The minimum absolute atomic E-state index is 0.0748. The third kappa shape index (κ3) is 3.91. The van der Waals surface area contributed by atoms with Gasteiger partial charge in [0.1, 0.15) is 0 Å². The summed E-state index contributed by atoms with van der Waals surface area (Å²) in [5, 5.41) is 7.63. The number of amides is 1. The average molecular weight is 260 g/mol. The summed E-state index contributed by atoms with van der Waals surface area (Å²) in [4.78, 5) is 11.1. The van der Waals surface area contributed by atoms with Crippen molar-refractivity contribution < 1.29 is 4.79 Å². The quantitative estimate of drug-likeness (QED) is 0.806. The van der Waals surface area contributed by atoms with Crippen LogP contribution in [0.5, 0.6) is 0 Å². The van der Waals surface area contributed by atoms with E-state index in [4.69, 9.17) is 0 Å². The molecule has 1 amide bonds. The van der Waals surface area contributed by atoms with Crippen LogP contribution < -0.4 is 5.32 Å². The van der Waals surface area contributed by atoms with E-state index in [1.807, 2.05) is 17.8 Å². The lowest BCUT2D eigenvalue weighted by Gasteiger charge is -2.03. The first-order chi connectivity index (χ1) is 6.72. The molecule has 1 rings (SSSR count). The Morgan fingerprint density at radius 2 is 2.50 bits per heavy atom. The maximum absolute atomic E-state index is 11.1. The van der Waals surface area contributed by atoms with Crippen LogP contribution in [0.15, 0.2) is 12.4 Å². The van der Waals surface area contributed by atoms with E-state index < -0.39 is 0 Å². The van der Waals surface area contributed by atoms with Crippen molar-refractivity contribution >= 4 is 21.8 Å². The highest BCUT2D eigenvalue weighted by atomic mass is 79.9. The number of nitrogens with one attached hydrogen (secondary N) is 1. The summed E-state index contributed by atoms with van der Waals surface area (Å²) in [5.74, 6) is 0.0748. The monoisotopic (exact) mass is 259 g/mol. The standard InChI is InChI=1S/C9H14BrN3O/c1-8-6-12-13(7-8)5-4-11-9(14)2-3-10/h6-7H,2-5H2,1H3,(H,11,14). The molecule has 5 heteroatoms. The molecule has 0 unspecified atom stereocenters. The number of carbonyl (C=O) groups is 1. The molecule has 0 aliphatic carbocycles. The van der Waals surface area contributed by atoms with E-state index in [1.54, 1.807) is 6.20 Å². The van der Waals surface area contributed by atoms with Gasteiger partial charge in [-0.05, 0) is 12.5 Å². The predicted octanol–water partition coefficient (Wildman–Crippen LogP) is 1.09. The van der Waals surface area contributed by atoms with Crippen molar-refractivity contribution in [2.75, 3.05) is 11.9 Å². The fourth-order valence-electron chi connectivity index (χ4n) is 1.07. The van der Waals surface area contributed by atoms with Crippen molar-refractivity contribution in [1.82, 2.24) is 15.1 Å². The first-order valence-electron chi connectivity index (χ1n) is 4.54. The van der Waals surface area contributed by atoms with Crippen LogP contribution >= 0.6 is 15.9 Å². The Morgan fingerprint density at radius 1 is 1.71 bits per heavy atom. The minimum atomic E-state index is 0.0748. The first kappa shape index (κ1) is 11.2. The molecule has 0 radical (unpaired) electrons. The molecule has 1 heterocycles. The molecule has 14 heavy (non-hydrogen) atoms. The van der Waals surface area contributed by atoms with Gasteiger partial charge in [0.05, 0.1) is 12.7 Å². The molecule has 0 atom stereocenters. The Kier molecular flexibility index (Phi) is 4.65. The van der Waals surface area contributed by atoms with Crippen LogP contribution in [0.1, 0.15) is 12.0 Å². The molecule has 0 aromatic carbocycles. The van der Waals surface area contributed by atoms with Gasteiger partial charge >= 0.3 is 0 Å². The summed E-state index contributed by atoms with van der Waals surface area (Å²) in [5.41, 5.74) is 1.14. The highest BCUT2D eigenvalue weighted by Gasteiger charge is 1.98. The predicted molar refractivity (Wildman–Crippen MR) is 58.4 cm³/mol. The van der Waals surface area contributed by atoms with Gasteiger partial charge in [-0.15, -0.1) is 0 Å². The van der Waals surface area contributed by atoms with Gasteiger partial charge in [-0.2, -0.15) is 5.10 Å². The molecule has 0 aliphatic rings. The second-order valence-electron chi connectivity index (χ2n) is 3.07. The third-order valence-corrected chi connectivity index (χ3v) is 2.14. The Labute approximate surface area is 91.8 Å². The average Bonchev–Trinajstić information content (AvgIpc) is 2.52. The number of aryl methyl sites for hydroxylation is 1. The van der Waals surface area contributed by atoms with Crippen LogP contribution in [0.4, 0.5) is 0 Å². The molecule has 0 saturated carbocycles. The lowest BCUT2D eigenvalue weighted by molar-refractivity contribution is -0.120. The molecule has 0 saturated heterocycles. The Hall–Kier alpha value is -0.840. The molecule has 78 valence electrons. The second-order valence-corrected chi connectivity index (χ2v) is 3.86. The lowest BCUT2D eigenvalue weighted by Crippen LogP contribution is -2.27. The van der Waals surface area contributed by atoms with Gasteiger partial charge in [-0.3, -0.25) is 9.48 Å². The summed E-state index contributed by atoms with van der Waals surface area (Å²) in [6.45, 7) is 3.35. The Morgan fingerprint density at radius 3 is 3.07 bits per heavy atom. The smallest absolute Gasteiger partial charge is 0.220 e. The van der Waals surface area contributed by atoms with Crippen molar-refractivity contribution in [1.29, 1.82) is 0 Å². The van der Waals surface area contributed by atoms with Crippen molar-refractivity contribution in [3.63, 3.8) is 0 Å². The van der Waals surface area contributed by atoms with Gasteiger partial charge in [0, 0.05) is 24.5 Å². The summed E-state index contributed by atoms with van der Waals surface area (Å²) < 4.78 is 1.82. The van der Waals surface area contributed by atoms with E-state index in [9.17, 15) is 4.79 Å². The molecule has 0 fully saturated rings. The summed E-state index contributed by atoms with van der Waals surface area (Å²) >= 11 is 3.21. The van der Waals surface area contributed by atoms with Crippen molar-refractivity contribution in [3.8, 4) is 0 Å². The molecular formula is C9H14BrN3O. The zero-order valence-electron chi connectivity index (χ0n) is 8.16. The number of hydrogen-bond donors (Lipinski definition) is 1. The minimum Gasteiger partial charge on any atom is -0.354 e. The number of rotatable bonds is 5. The lowest BCUT2D eigenvalue weighted by atomic mass is 10.4. The molecule has 1 N–H and O–H groups in total. The molecule has 0 aliphatic heterocycles. The van der Waals surface area contributed by atoms with Crippen LogP contribution in [0.2, 0.25) is 0 Å². The number of nitrogens with zero attached hydrogens (tertiary/aromatic N) is 2. The van der Waals surface area contributed by atoms with Gasteiger partial charge in [-0.25, -0.2) is 0 Å². The van der Waals surface area contributed by atoms with Crippen molar-refractivity contribution in [3.05, 3.63) is 18.0 Å². The number of alkyl halides is 1. The van der Waals surface area contributed by atoms with Gasteiger partial charge in [0.15, 0.2) is 0 Å². The fourth-order valence-corrected chi connectivity index (χ4v) is 1.43. The molecule has 4 nitrogen and oxygen atoms in total. The summed E-state index contributed by atoms with van der Waals surface area (Å²) in [6, 6.07) is 0. The van der Waals surface area contributed by atoms with Crippen LogP contribution in [0.3, 0.4) is 0 Å². The zero-order valence-corrected chi connectivity index (χ0v) is 9.75. The Bertz CT molecular complexity index is 298. The van der Waals surface area contributed by atoms with E-state index in [0.29, 0.717) is 18.3 Å². The van der Waals surface area contributed by atoms with E-state index >= 15 is 0 Å². The number of hydrogen-bond acceptors (Lipinski definition) is 2. The largest absolute Gasteiger partial charge is 0.354 e. The molecule has 1 aromatic rings. The highest BCUT2D eigenvalue weighted by molar-refractivity contribution is 9.09. The van der Waals surface area contributed by atoms with Crippen molar-refractivity contribution in [2.45, 2.75) is 19.9 Å². The van der Waals surface area contributed by atoms with Crippen LogP contribution in [0.25, 0.3) is 0 Å². The van der Waals surface area contributed by atoms with Crippen LogP contribution in [-0.4, -0.2) is 27.6 Å². The highest BCUT2D eigenvalue weighted by Crippen LogP contribution is 1.93.